The number of nitrogens with zero attached hydrogens (tertiary/aromatic N) is 1. The summed E-state index contributed by atoms with van der Waals surface area (Å²) in [4.78, 5) is 25.4. The number of rotatable bonds is 17. The molecule has 0 aromatic heterocycles. The molecule has 1 rings (SSSR count). The molecular formula is C22H40INO4. The molecule has 0 aromatic rings. The Bertz CT molecular complexity index is 419. The van der Waals surface area contributed by atoms with Crippen molar-refractivity contribution >= 4 is 34.9 Å². The number of hydrogen-bond acceptors (Lipinski definition) is 4. The van der Waals surface area contributed by atoms with Crippen LogP contribution in [0.15, 0.2) is 0 Å². The maximum atomic E-state index is 12.3. The molecular weight excluding hydrogens is 469 g/mol. The molecule has 0 N–H and O–H groups in total. The molecule has 1 amide bonds. The predicted molar refractivity (Wildman–Crippen MR) is 121 cm³/mol. The topological polar surface area (TPSA) is 55.8 Å². The first-order valence-electron chi connectivity index (χ1n) is 11.3. The Morgan fingerprint density at radius 3 is 1.86 bits per heavy atom. The van der Waals surface area contributed by atoms with Crippen molar-refractivity contribution in [1.82, 2.24) is 4.90 Å². The van der Waals surface area contributed by atoms with Crippen molar-refractivity contribution in [3.05, 3.63) is 0 Å². The van der Waals surface area contributed by atoms with Crippen LogP contribution in [0.4, 0.5) is 0 Å². The third-order valence-corrected chi connectivity index (χ3v) is 6.16. The lowest BCUT2D eigenvalue weighted by Gasteiger charge is -2.24. The maximum absolute atomic E-state index is 12.3. The van der Waals surface area contributed by atoms with Gasteiger partial charge in [0.15, 0.2) is 23.0 Å². The molecule has 164 valence electrons. The van der Waals surface area contributed by atoms with E-state index in [1.165, 1.54) is 57.8 Å². The molecule has 1 aliphatic rings. The van der Waals surface area contributed by atoms with Crippen molar-refractivity contribution in [2.45, 2.75) is 109 Å². The monoisotopic (exact) mass is 509 g/mol. The van der Waals surface area contributed by atoms with Crippen molar-refractivity contribution in [1.29, 1.82) is 0 Å². The third kappa shape index (κ3) is 12.2. The summed E-state index contributed by atoms with van der Waals surface area (Å²) >= 11 is 1.65. The van der Waals surface area contributed by atoms with Crippen molar-refractivity contribution in [3.8, 4) is 0 Å². The van der Waals surface area contributed by atoms with Crippen LogP contribution < -0.4 is 0 Å². The van der Waals surface area contributed by atoms with E-state index in [0.29, 0.717) is 31.4 Å². The Hall–Kier alpha value is -0.370. The SMILES string of the molecule is COC[C@@H]1CCCN1C(=O)CCCCCCCCCCCCCCC(=O)OI. The van der Waals surface area contributed by atoms with Gasteiger partial charge in [-0.3, -0.25) is 9.59 Å². The summed E-state index contributed by atoms with van der Waals surface area (Å²) in [7, 11) is 1.72. The van der Waals surface area contributed by atoms with Gasteiger partial charge in [0.2, 0.25) is 5.91 Å². The fraction of sp³-hybridized carbons (Fsp3) is 0.909. The first kappa shape index (κ1) is 25.7. The van der Waals surface area contributed by atoms with Crippen LogP contribution in [0, 0.1) is 0 Å². The summed E-state index contributed by atoms with van der Waals surface area (Å²) in [6.07, 6.45) is 18.1. The second-order valence-electron chi connectivity index (χ2n) is 8.03. The van der Waals surface area contributed by atoms with Crippen LogP contribution in [0.1, 0.15) is 103 Å². The summed E-state index contributed by atoms with van der Waals surface area (Å²) in [6.45, 7) is 1.59. The maximum Gasteiger partial charge on any atom is 0.315 e. The highest BCUT2D eigenvalue weighted by atomic mass is 127. The van der Waals surface area contributed by atoms with E-state index in [1.54, 1.807) is 30.1 Å². The highest BCUT2D eigenvalue weighted by Gasteiger charge is 2.27. The number of methoxy groups -OCH3 is 1. The van der Waals surface area contributed by atoms with Crippen molar-refractivity contribution in [2.24, 2.45) is 0 Å². The molecule has 1 aliphatic heterocycles. The quantitative estimate of drug-likeness (QED) is 0.179. The van der Waals surface area contributed by atoms with Crippen LogP contribution in [-0.2, 0) is 17.4 Å². The zero-order chi connectivity index (χ0) is 20.5. The molecule has 0 radical (unpaired) electrons. The van der Waals surface area contributed by atoms with Crippen molar-refractivity contribution in [2.75, 3.05) is 20.3 Å². The number of unbranched alkanes of at least 4 members (excludes halogenated alkanes) is 11. The Morgan fingerprint density at radius 2 is 1.36 bits per heavy atom. The van der Waals surface area contributed by atoms with Crippen molar-refractivity contribution < 1.29 is 17.4 Å². The van der Waals surface area contributed by atoms with Gasteiger partial charge in [-0.1, -0.05) is 64.2 Å². The predicted octanol–water partition coefficient (Wildman–Crippen LogP) is 5.98. The van der Waals surface area contributed by atoms with E-state index in [0.717, 1.165) is 38.6 Å². The number of carbonyl (C=O) groups excluding carboxylic acids is 2. The van der Waals surface area contributed by atoms with Gasteiger partial charge in [-0.05, 0) is 25.7 Å². The van der Waals surface area contributed by atoms with E-state index in [4.69, 9.17) is 4.74 Å². The molecule has 0 aromatic carbocycles. The zero-order valence-corrected chi connectivity index (χ0v) is 19.9. The van der Waals surface area contributed by atoms with E-state index in [-0.39, 0.29) is 5.97 Å². The fourth-order valence-electron chi connectivity index (χ4n) is 4.03. The van der Waals surface area contributed by atoms with E-state index < -0.39 is 0 Å². The Kier molecular flexibility index (Phi) is 16.0. The molecule has 1 heterocycles. The fourth-order valence-corrected chi connectivity index (χ4v) is 4.25. The van der Waals surface area contributed by atoms with E-state index >= 15 is 0 Å². The molecule has 0 saturated carbocycles. The van der Waals surface area contributed by atoms with E-state index in [2.05, 4.69) is 3.07 Å². The minimum absolute atomic E-state index is 0.101. The Labute approximate surface area is 186 Å². The van der Waals surface area contributed by atoms with Crippen LogP contribution in [0.5, 0.6) is 0 Å². The van der Waals surface area contributed by atoms with Gasteiger partial charge in [0.25, 0.3) is 0 Å². The summed E-state index contributed by atoms with van der Waals surface area (Å²) in [5.74, 6) is 0.224. The van der Waals surface area contributed by atoms with Crippen molar-refractivity contribution in [3.63, 3.8) is 0 Å². The summed E-state index contributed by atoms with van der Waals surface area (Å²) in [6, 6.07) is 0.310. The first-order chi connectivity index (χ1) is 13.7. The number of ether oxygens (including phenoxy) is 1. The molecule has 1 atom stereocenters. The van der Waals surface area contributed by atoms with Crippen LogP contribution in [0.3, 0.4) is 0 Å². The summed E-state index contributed by atoms with van der Waals surface area (Å²) in [5, 5.41) is 0. The lowest BCUT2D eigenvalue weighted by atomic mass is 10.0. The second kappa shape index (κ2) is 17.5. The zero-order valence-electron chi connectivity index (χ0n) is 17.8. The van der Waals surface area contributed by atoms with Gasteiger partial charge in [0.1, 0.15) is 0 Å². The lowest BCUT2D eigenvalue weighted by Crippen LogP contribution is -2.37. The molecule has 0 unspecified atom stereocenters. The number of halogens is 1. The Morgan fingerprint density at radius 1 is 0.857 bits per heavy atom. The van der Waals surface area contributed by atoms with Crippen LogP contribution in [0.25, 0.3) is 0 Å². The third-order valence-electron chi connectivity index (χ3n) is 5.66. The summed E-state index contributed by atoms with van der Waals surface area (Å²) < 4.78 is 9.84. The summed E-state index contributed by atoms with van der Waals surface area (Å²) in [5.41, 5.74) is 0. The molecule has 1 saturated heterocycles. The average molecular weight is 509 g/mol. The minimum atomic E-state index is -0.101. The molecule has 0 aliphatic carbocycles. The lowest BCUT2D eigenvalue weighted by molar-refractivity contribution is -0.133. The molecule has 6 heteroatoms. The van der Waals surface area contributed by atoms with Gasteiger partial charge in [-0.25, -0.2) is 0 Å². The number of hydrogen-bond donors (Lipinski definition) is 0. The highest BCUT2D eigenvalue weighted by Crippen LogP contribution is 2.20. The standard InChI is InChI=1S/C22H40INO4/c1-27-19-20-15-14-18-24(20)21(25)16-12-10-8-6-4-2-3-5-7-9-11-13-17-22(26)28-23/h20H,2-19H2,1H3/t20-/m0/s1. The Balaban J connectivity index is 1.83. The molecule has 0 bridgehead atoms. The number of carbonyl (C=O) groups is 2. The van der Waals surface area contributed by atoms with E-state index in [1.807, 2.05) is 4.90 Å². The minimum Gasteiger partial charge on any atom is -0.394 e. The van der Waals surface area contributed by atoms with E-state index in [9.17, 15) is 9.59 Å². The normalized spacial score (nSPS) is 16.5. The number of likely N-dealkylation sites (tertiary alicyclic amines) is 1. The average Bonchev–Trinajstić information content (AvgIpc) is 3.16. The first-order valence-corrected chi connectivity index (χ1v) is 12.2. The van der Waals surface area contributed by atoms with Gasteiger partial charge in [0.05, 0.1) is 12.6 Å². The smallest absolute Gasteiger partial charge is 0.315 e. The van der Waals surface area contributed by atoms with Gasteiger partial charge in [0, 0.05) is 26.5 Å². The van der Waals surface area contributed by atoms with Crippen LogP contribution >= 0.6 is 23.0 Å². The van der Waals surface area contributed by atoms with Gasteiger partial charge < -0.3 is 12.7 Å². The largest absolute Gasteiger partial charge is 0.394 e. The molecule has 5 nitrogen and oxygen atoms in total. The highest BCUT2D eigenvalue weighted by molar-refractivity contribution is 14.1. The van der Waals surface area contributed by atoms with Crippen LogP contribution in [0.2, 0.25) is 0 Å². The van der Waals surface area contributed by atoms with Gasteiger partial charge in [-0.15, -0.1) is 0 Å². The second-order valence-corrected chi connectivity index (χ2v) is 8.47. The molecule has 1 fully saturated rings. The molecule has 0 spiro atoms. The van der Waals surface area contributed by atoms with Gasteiger partial charge in [-0.2, -0.15) is 0 Å². The number of amides is 1. The van der Waals surface area contributed by atoms with Gasteiger partial charge >= 0.3 is 5.97 Å². The molecule has 28 heavy (non-hydrogen) atoms. The van der Waals surface area contributed by atoms with Crippen LogP contribution in [-0.4, -0.2) is 43.1 Å².